The van der Waals surface area contributed by atoms with Crippen LogP contribution >= 0.6 is 8.58 Å². The molecule has 0 nitrogen and oxygen atoms in total. The first-order chi connectivity index (χ1) is 9.43. The summed E-state index contributed by atoms with van der Waals surface area (Å²) >= 11 is 0. The molecule has 0 aromatic heterocycles. The Kier molecular flexibility index (Phi) is 12.3. The summed E-state index contributed by atoms with van der Waals surface area (Å²) in [4.78, 5) is 0. The van der Waals surface area contributed by atoms with Crippen molar-refractivity contribution in [3.8, 4) is 0 Å². The average molecular weight is 284 g/mol. The van der Waals surface area contributed by atoms with Gasteiger partial charge in [-0.1, -0.05) is 84.0 Å². The van der Waals surface area contributed by atoms with E-state index in [9.17, 15) is 0 Å². The second-order valence-corrected chi connectivity index (χ2v) is 8.02. The van der Waals surface area contributed by atoms with E-state index in [0.29, 0.717) is 0 Å². The summed E-state index contributed by atoms with van der Waals surface area (Å²) in [6, 6.07) is 0. The van der Waals surface area contributed by atoms with Gasteiger partial charge in [-0.2, -0.15) is 0 Å². The standard InChI is InChI=1S/C18H37P/c1-2-3-16-19-17-12-7-5-4-6-9-13-18-14-10-8-11-15-18/h18-19H,2-17H2,1H3. The smallest absolute Gasteiger partial charge is 0.0353 e. The maximum Gasteiger partial charge on any atom is -0.0353 e. The molecule has 0 heterocycles. The van der Waals surface area contributed by atoms with Crippen LogP contribution in [0.1, 0.15) is 96.8 Å². The van der Waals surface area contributed by atoms with Gasteiger partial charge in [-0.25, -0.2) is 0 Å². The van der Waals surface area contributed by atoms with Gasteiger partial charge in [0.05, 0.1) is 0 Å². The molecule has 1 rings (SSSR count). The zero-order valence-corrected chi connectivity index (χ0v) is 14.4. The fraction of sp³-hybridized carbons (Fsp3) is 1.00. The van der Waals surface area contributed by atoms with Crippen LogP contribution in [-0.4, -0.2) is 12.3 Å². The first-order valence-electron chi connectivity index (χ1n) is 9.14. The molecule has 0 aliphatic heterocycles. The summed E-state index contributed by atoms with van der Waals surface area (Å²) in [6.07, 6.45) is 24.1. The summed E-state index contributed by atoms with van der Waals surface area (Å²) in [5.41, 5.74) is 0. The number of unbranched alkanes of at least 4 members (excludes halogenated alkanes) is 6. The second-order valence-electron chi connectivity index (χ2n) is 6.52. The predicted molar refractivity (Wildman–Crippen MR) is 91.9 cm³/mol. The first kappa shape index (κ1) is 17.5. The van der Waals surface area contributed by atoms with Crippen LogP contribution in [0.5, 0.6) is 0 Å². The maximum absolute atomic E-state index is 2.30. The van der Waals surface area contributed by atoms with Crippen LogP contribution in [-0.2, 0) is 0 Å². The van der Waals surface area contributed by atoms with Crippen molar-refractivity contribution >= 4 is 8.58 Å². The molecular formula is C18H37P. The zero-order chi connectivity index (χ0) is 13.6. The minimum absolute atomic E-state index is 1.11. The highest BCUT2D eigenvalue weighted by Crippen LogP contribution is 2.28. The molecule has 0 N–H and O–H groups in total. The highest BCUT2D eigenvalue weighted by molar-refractivity contribution is 7.37. The Morgan fingerprint density at radius 3 is 2.11 bits per heavy atom. The average Bonchev–Trinajstić information content (AvgIpc) is 2.46. The minimum atomic E-state index is 1.11. The van der Waals surface area contributed by atoms with Crippen LogP contribution in [0.2, 0.25) is 0 Å². The van der Waals surface area contributed by atoms with Crippen LogP contribution in [0.4, 0.5) is 0 Å². The topological polar surface area (TPSA) is 0 Å². The van der Waals surface area contributed by atoms with Crippen molar-refractivity contribution in [2.45, 2.75) is 96.8 Å². The summed E-state index contributed by atoms with van der Waals surface area (Å²) in [5.74, 6) is 1.11. The molecule has 1 saturated carbocycles. The van der Waals surface area contributed by atoms with E-state index >= 15 is 0 Å². The third kappa shape index (κ3) is 10.8. The third-order valence-corrected chi connectivity index (χ3v) is 6.06. The second kappa shape index (κ2) is 13.4. The summed E-state index contributed by atoms with van der Waals surface area (Å²) in [5, 5.41) is 0. The highest BCUT2D eigenvalue weighted by atomic mass is 31.1. The maximum atomic E-state index is 2.30. The van der Waals surface area contributed by atoms with E-state index in [0.717, 1.165) is 5.92 Å². The Hall–Kier alpha value is 0.430. The molecule has 0 amide bonds. The van der Waals surface area contributed by atoms with Crippen molar-refractivity contribution in [1.29, 1.82) is 0 Å². The van der Waals surface area contributed by atoms with Gasteiger partial charge in [0.2, 0.25) is 0 Å². The van der Waals surface area contributed by atoms with Crippen LogP contribution in [0.15, 0.2) is 0 Å². The lowest BCUT2D eigenvalue weighted by Crippen LogP contribution is -2.05. The van der Waals surface area contributed by atoms with E-state index in [1.807, 2.05) is 0 Å². The van der Waals surface area contributed by atoms with Gasteiger partial charge in [0.1, 0.15) is 0 Å². The van der Waals surface area contributed by atoms with Gasteiger partial charge in [-0.05, 0) is 31.1 Å². The quantitative estimate of drug-likeness (QED) is 0.274. The third-order valence-electron chi connectivity index (χ3n) is 4.65. The van der Waals surface area contributed by atoms with E-state index in [2.05, 4.69) is 6.92 Å². The van der Waals surface area contributed by atoms with Gasteiger partial charge >= 0.3 is 0 Å². The summed E-state index contributed by atoms with van der Waals surface area (Å²) < 4.78 is 0. The van der Waals surface area contributed by atoms with Crippen molar-refractivity contribution in [2.24, 2.45) is 5.92 Å². The Balaban J connectivity index is 1.71. The largest absolute Gasteiger partial charge is 0.122 e. The fourth-order valence-electron chi connectivity index (χ4n) is 3.29. The van der Waals surface area contributed by atoms with E-state index < -0.39 is 0 Å². The van der Waals surface area contributed by atoms with E-state index in [1.165, 1.54) is 91.5 Å². The molecule has 1 heteroatoms. The highest BCUT2D eigenvalue weighted by Gasteiger charge is 2.12. The van der Waals surface area contributed by atoms with Crippen molar-refractivity contribution in [2.75, 3.05) is 12.3 Å². The monoisotopic (exact) mass is 284 g/mol. The Morgan fingerprint density at radius 1 is 0.737 bits per heavy atom. The molecular weight excluding hydrogens is 247 g/mol. The molecule has 1 fully saturated rings. The Morgan fingerprint density at radius 2 is 1.37 bits per heavy atom. The molecule has 1 aliphatic carbocycles. The van der Waals surface area contributed by atoms with Crippen LogP contribution in [0.3, 0.4) is 0 Å². The SMILES string of the molecule is CCCCPCCCCCCCCC1CCCCC1. The van der Waals surface area contributed by atoms with Crippen LogP contribution in [0.25, 0.3) is 0 Å². The van der Waals surface area contributed by atoms with Gasteiger partial charge in [0, 0.05) is 0 Å². The number of rotatable bonds is 12. The molecule has 0 aromatic carbocycles. The fourth-order valence-corrected chi connectivity index (χ4v) is 4.65. The van der Waals surface area contributed by atoms with Crippen molar-refractivity contribution < 1.29 is 0 Å². The Labute approximate surface area is 124 Å². The van der Waals surface area contributed by atoms with Crippen LogP contribution < -0.4 is 0 Å². The molecule has 19 heavy (non-hydrogen) atoms. The first-order valence-corrected chi connectivity index (χ1v) is 10.6. The van der Waals surface area contributed by atoms with Crippen molar-refractivity contribution in [3.05, 3.63) is 0 Å². The molecule has 1 atom stereocenters. The lowest BCUT2D eigenvalue weighted by molar-refractivity contribution is 0.328. The van der Waals surface area contributed by atoms with Gasteiger partial charge < -0.3 is 0 Å². The van der Waals surface area contributed by atoms with Crippen LogP contribution in [0, 0.1) is 5.92 Å². The summed E-state index contributed by atoms with van der Waals surface area (Å²) in [6.45, 7) is 2.30. The van der Waals surface area contributed by atoms with Crippen molar-refractivity contribution in [1.82, 2.24) is 0 Å². The lowest BCUT2D eigenvalue weighted by atomic mass is 9.85. The van der Waals surface area contributed by atoms with Gasteiger partial charge in [0.25, 0.3) is 0 Å². The number of hydrogen-bond donors (Lipinski definition) is 0. The molecule has 0 radical (unpaired) electrons. The van der Waals surface area contributed by atoms with E-state index in [-0.39, 0.29) is 0 Å². The number of hydrogen-bond acceptors (Lipinski definition) is 0. The Bertz CT molecular complexity index is 173. The summed E-state index contributed by atoms with van der Waals surface area (Å²) in [7, 11) is 1.25. The minimum Gasteiger partial charge on any atom is -0.122 e. The molecule has 1 aliphatic rings. The molecule has 0 bridgehead atoms. The lowest BCUT2D eigenvalue weighted by Gasteiger charge is -2.21. The van der Waals surface area contributed by atoms with Gasteiger partial charge in [0.15, 0.2) is 0 Å². The van der Waals surface area contributed by atoms with Crippen molar-refractivity contribution in [3.63, 3.8) is 0 Å². The predicted octanol–water partition coefficient (Wildman–Crippen LogP) is 6.78. The zero-order valence-electron chi connectivity index (χ0n) is 13.4. The normalized spacial score (nSPS) is 17.5. The van der Waals surface area contributed by atoms with Gasteiger partial charge in [-0.15, -0.1) is 8.58 Å². The van der Waals surface area contributed by atoms with E-state index in [1.54, 1.807) is 19.3 Å². The molecule has 0 spiro atoms. The molecule has 0 aromatic rings. The molecule has 0 saturated heterocycles. The van der Waals surface area contributed by atoms with Gasteiger partial charge in [-0.3, -0.25) is 0 Å². The van der Waals surface area contributed by atoms with E-state index in [4.69, 9.17) is 0 Å². The molecule has 114 valence electrons. The molecule has 1 unspecified atom stereocenters.